The lowest BCUT2D eigenvalue weighted by Gasteiger charge is -2.35. The maximum atomic E-state index is 12.5. The first-order valence-corrected chi connectivity index (χ1v) is 12.3. The van der Waals surface area contributed by atoms with Gasteiger partial charge in [-0.1, -0.05) is 25.2 Å². The van der Waals surface area contributed by atoms with Crippen LogP contribution in [0.1, 0.15) is 71.6 Å². The van der Waals surface area contributed by atoms with Gasteiger partial charge in [0, 0.05) is 31.3 Å². The van der Waals surface area contributed by atoms with Crippen LogP contribution in [0.4, 0.5) is 0 Å². The van der Waals surface area contributed by atoms with Crippen LogP contribution in [-0.2, 0) is 23.8 Å². The second-order valence-corrected chi connectivity index (χ2v) is 9.41. The van der Waals surface area contributed by atoms with E-state index in [0.717, 1.165) is 45.1 Å². The summed E-state index contributed by atoms with van der Waals surface area (Å²) in [5, 5.41) is 0. The molecule has 1 saturated carbocycles. The lowest BCUT2D eigenvalue weighted by atomic mass is 9.86. The molecule has 3 aliphatic rings. The fourth-order valence-electron chi connectivity index (χ4n) is 5.12. The van der Waals surface area contributed by atoms with Crippen LogP contribution in [-0.4, -0.2) is 37.4 Å². The predicted octanol–water partition coefficient (Wildman–Crippen LogP) is 5.31. The molecule has 180 valence electrons. The number of methoxy groups -OCH3 is 1. The maximum Gasteiger partial charge on any atom is 0.305 e. The Kier molecular flexibility index (Phi) is 9.52. The molecular formula is C28H38O5. The molecule has 2 fully saturated rings. The topological polar surface area (TPSA) is 61.8 Å². The number of fused-ring (bicyclic) bond motifs is 1. The smallest absolute Gasteiger partial charge is 0.305 e. The van der Waals surface area contributed by atoms with Gasteiger partial charge in [0.25, 0.3) is 0 Å². The lowest BCUT2D eigenvalue weighted by Crippen LogP contribution is -2.39. The molecule has 3 rings (SSSR count). The third-order valence-corrected chi connectivity index (χ3v) is 7.04. The van der Waals surface area contributed by atoms with E-state index in [0.29, 0.717) is 25.2 Å². The monoisotopic (exact) mass is 454 g/mol. The van der Waals surface area contributed by atoms with E-state index in [1.807, 2.05) is 13.0 Å². The molecule has 5 nitrogen and oxygen atoms in total. The Morgan fingerprint density at radius 3 is 2.91 bits per heavy atom. The van der Waals surface area contributed by atoms with Gasteiger partial charge in [0.1, 0.15) is 0 Å². The van der Waals surface area contributed by atoms with Gasteiger partial charge in [-0.25, -0.2) is 0 Å². The summed E-state index contributed by atoms with van der Waals surface area (Å²) in [4.78, 5) is 23.9. The van der Waals surface area contributed by atoms with E-state index in [-0.39, 0.29) is 35.5 Å². The van der Waals surface area contributed by atoms with E-state index in [1.54, 1.807) is 13.0 Å². The maximum absolute atomic E-state index is 12.5. The molecule has 0 spiro atoms. The Bertz CT molecular complexity index is 836. The summed E-state index contributed by atoms with van der Waals surface area (Å²) in [7, 11) is 1.41. The predicted molar refractivity (Wildman–Crippen MR) is 128 cm³/mol. The van der Waals surface area contributed by atoms with Gasteiger partial charge < -0.3 is 14.2 Å². The zero-order chi connectivity index (χ0) is 23.7. The van der Waals surface area contributed by atoms with Gasteiger partial charge in [0.15, 0.2) is 12.1 Å². The van der Waals surface area contributed by atoms with E-state index in [1.165, 1.54) is 12.7 Å². The zero-order valence-electron chi connectivity index (χ0n) is 20.3. The lowest BCUT2D eigenvalue weighted by molar-refractivity contribution is -0.218. The molecule has 1 heterocycles. The number of hydrogen-bond acceptors (Lipinski definition) is 5. The molecule has 0 aromatic carbocycles. The van der Waals surface area contributed by atoms with Crippen LogP contribution in [0, 0.1) is 29.6 Å². The number of carbonyl (C=O) groups excluding carboxylic acids is 2. The quantitative estimate of drug-likeness (QED) is 0.254. The molecule has 0 amide bonds. The molecule has 0 bridgehead atoms. The highest BCUT2D eigenvalue weighted by atomic mass is 16.7. The molecule has 0 aromatic heterocycles. The van der Waals surface area contributed by atoms with Crippen molar-refractivity contribution in [1.29, 1.82) is 0 Å². The average molecular weight is 455 g/mol. The summed E-state index contributed by atoms with van der Waals surface area (Å²) in [5.41, 5.74) is 0.887. The molecule has 0 radical (unpaired) electrons. The van der Waals surface area contributed by atoms with Crippen molar-refractivity contribution in [3.8, 4) is 11.8 Å². The molecule has 5 atom stereocenters. The molecule has 0 aromatic rings. The molecule has 2 unspecified atom stereocenters. The molecule has 33 heavy (non-hydrogen) atoms. The van der Waals surface area contributed by atoms with Gasteiger partial charge in [-0.15, -0.1) is 11.8 Å². The van der Waals surface area contributed by atoms with Crippen molar-refractivity contribution < 1.29 is 23.8 Å². The number of hydrogen-bond donors (Lipinski definition) is 0. The summed E-state index contributed by atoms with van der Waals surface area (Å²) >= 11 is 0. The zero-order valence-corrected chi connectivity index (χ0v) is 20.3. The highest BCUT2D eigenvalue weighted by Crippen LogP contribution is 2.53. The van der Waals surface area contributed by atoms with E-state index in [4.69, 9.17) is 14.2 Å². The van der Waals surface area contributed by atoms with Crippen molar-refractivity contribution in [2.75, 3.05) is 13.7 Å². The van der Waals surface area contributed by atoms with Gasteiger partial charge in [-0.2, -0.15) is 0 Å². The van der Waals surface area contributed by atoms with Crippen LogP contribution < -0.4 is 0 Å². The first-order valence-electron chi connectivity index (χ1n) is 12.3. The summed E-state index contributed by atoms with van der Waals surface area (Å²) in [6.45, 7) is 4.50. The number of ketones is 1. The standard InChI is InChI=1S/C28H38O5/c1-4-5-10-21(2)25(29)15-14-23-16-17-28(33-27-13-8-9-18-32-27)20-22(19-24(23)28)11-6-7-12-26(30)31-3/h6,11,14-15,20-21,23-24,27H,7-10,12-13,16-19H2,1-3H3/t21?,23-,24+,27?,28-/m1/s1. The normalized spacial score (nSPS) is 30.0. The number of rotatable bonds is 10. The number of ether oxygens (including phenoxy) is 3. The van der Waals surface area contributed by atoms with Crippen LogP contribution >= 0.6 is 0 Å². The highest BCUT2D eigenvalue weighted by molar-refractivity contribution is 5.91. The van der Waals surface area contributed by atoms with Crippen LogP contribution in [0.2, 0.25) is 0 Å². The minimum atomic E-state index is -0.346. The SMILES string of the molecule is CC#CCC(C)C(=O)C=C[C@@H]1CC[C@@]2(OC3CCCCO3)C=C(C=CCCC(=O)OC)C[C@@H]12. The van der Waals surface area contributed by atoms with Crippen molar-refractivity contribution in [1.82, 2.24) is 0 Å². The van der Waals surface area contributed by atoms with Crippen LogP contribution in [0.5, 0.6) is 0 Å². The van der Waals surface area contributed by atoms with Crippen molar-refractivity contribution in [2.45, 2.75) is 83.5 Å². The summed E-state index contributed by atoms with van der Waals surface area (Å²) < 4.78 is 17.3. The molecule has 2 aliphatic carbocycles. The second kappa shape index (κ2) is 12.3. The van der Waals surface area contributed by atoms with E-state index < -0.39 is 0 Å². The van der Waals surface area contributed by atoms with Gasteiger partial charge in [-0.3, -0.25) is 9.59 Å². The van der Waals surface area contributed by atoms with Crippen LogP contribution in [0.25, 0.3) is 0 Å². The van der Waals surface area contributed by atoms with Crippen LogP contribution in [0.3, 0.4) is 0 Å². The summed E-state index contributed by atoms with van der Waals surface area (Å²) in [5.74, 6) is 6.31. The number of carbonyl (C=O) groups is 2. The minimum absolute atomic E-state index is 0.0817. The van der Waals surface area contributed by atoms with E-state index in [9.17, 15) is 9.59 Å². The van der Waals surface area contributed by atoms with Crippen molar-refractivity contribution in [2.24, 2.45) is 17.8 Å². The molecular weight excluding hydrogens is 416 g/mol. The van der Waals surface area contributed by atoms with Crippen molar-refractivity contribution in [3.63, 3.8) is 0 Å². The fraction of sp³-hybridized carbons (Fsp3) is 0.643. The third-order valence-electron chi connectivity index (χ3n) is 7.04. The Balaban J connectivity index is 1.70. The largest absolute Gasteiger partial charge is 0.469 e. The van der Waals surface area contributed by atoms with Crippen molar-refractivity contribution >= 4 is 11.8 Å². The van der Waals surface area contributed by atoms with E-state index in [2.05, 4.69) is 30.1 Å². The molecule has 5 heteroatoms. The summed E-state index contributed by atoms with van der Waals surface area (Å²) in [6.07, 6.45) is 17.8. The van der Waals surface area contributed by atoms with E-state index >= 15 is 0 Å². The highest BCUT2D eigenvalue weighted by Gasteiger charge is 2.52. The molecule has 1 saturated heterocycles. The number of allylic oxidation sites excluding steroid dienone is 5. The van der Waals surface area contributed by atoms with Crippen molar-refractivity contribution in [3.05, 3.63) is 36.0 Å². The average Bonchev–Trinajstić information content (AvgIpc) is 3.33. The minimum Gasteiger partial charge on any atom is -0.469 e. The summed E-state index contributed by atoms with van der Waals surface area (Å²) in [6, 6.07) is 0. The fourth-order valence-corrected chi connectivity index (χ4v) is 5.12. The molecule has 0 N–H and O–H groups in total. The first kappa shape index (κ1) is 25.5. The second-order valence-electron chi connectivity index (χ2n) is 9.41. The Morgan fingerprint density at radius 2 is 2.18 bits per heavy atom. The Hall–Kier alpha value is -2.16. The van der Waals surface area contributed by atoms with Gasteiger partial charge in [0.2, 0.25) is 0 Å². The van der Waals surface area contributed by atoms with Gasteiger partial charge >= 0.3 is 5.97 Å². The Labute approximate surface area is 198 Å². The third kappa shape index (κ3) is 6.91. The molecule has 1 aliphatic heterocycles. The first-order chi connectivity index (χ1) is 16.0. The van der Waals surface area contributed by atoms with Crippen LogP contribution in [0.15, 0.2) is 36.0 Å². The number of esters is 1. The Morgan fingerprint density at radius 1 is 1.33 bits per heavy atom. The van der Waals surface area contributed by atoms with Gasteiger partial charge in [0.05, 0.1) is 12.7 Å². The van der Waals surface area contributed by atoms with Gasteiger partial charge in [-0.05, 0) is 75.5 Å².